The largest absolute Gasteiger partial charge is 0.459 e. The number of hydrogen-bond acceptors (Lipinski definition) is 8. The summed E-state index contributed by atoms with van der Waals surface area (Å²) >= 11 is 0. The van der Waals surface area contributed by atoms with Crippen molar-refractivity contribution >= 4 is 51.1 Å². The van der Waals surface area contributed by atoms with Crippen LogP contribution >= 0.6 is 0 Å². The van der Waals surface area contributed by atoms with Gasteiger partial charge < -0.3 is 14.2 Å². The van der Waals surface area contributed by atoms with Gasteiger partial charge in [-0.2, -0.15) is 8.42 Å². The Labute approximate surface area is 194 Å². The number of esters is 3. The van der Waals surface area contributed by atoms with Crippen LogP contribution in [0.1, 0.15) is 46.5 Å². The first-order chi connectivity index (χ1) is 13.3. The van der Waals surface area contributed by atoms with E-state index in [2.05, 4.69) is 20.1 Å². The van der Waals surface area contributed by atoms with E-state index < -0.39 is 51.1 Å². The summed E-state index contributed by atoms with van der Waals surface area (Å²) in [6, 6.07) is 0. The maximum atomic E-state index is 12.2. The maximum absolute atomic E-state index is 12.2. The molecule has 0 heterocycles. The molecule has 0 aromatic carbocycles. The van der Waals surface area contributed by atoms with E-state index in [-0.39, 0.29) is 29.5 Å². The lowest BCUT2D eigenvalue weighted by atomic mass is 9.80. The van der Waals surface area contributed by atoms with E-state index in [1.807, 2.05) is 6.92 Å². The molecule has 3 atom stereocenters. The van der Waals surface area contributed by atoms with E-state index in [4.69, 9.17) is 14.2 Å². The van der Waals surface area contributed by atoms with Crippen LogP contribution in [-0.4, -0.2) is 71.6 Å². The van der Waals surface area contributed by atoms with Crippen LogP contribution in [-0.2, 0) is 38.7 Å². The molecule has 0 saturated carbocycles. The molecule has 3 unspecified atom stereocenters. The summed E-state index contributed by atoms with van der Waals surface area (Å²) in [5, 5.41) is 0. The van der Waals surface area contributed by atoms with Crippen molar-refractivity contribution in [3.63, 3.8) is 0 Å². The van der Waals surface area contributed by atoms with E-state index in [0.717, 1.165) is 18.6 Å². The number of carbonyl (C=O) groups is 3. The highest BCUT2D eigenvalue weighted by Gasteiger charge is 2.55. The summed E-state index contributed by atoms with van der Waals surface area (Å²) in [6.45, 7) is 14.6. The number of ether oxygens (including phenoxy) is 3. The lowest BCUT2D eigenvalue weighted by Crippen LogP contribution is -2.56. The molecule has 0 aromatic heterocycles. The SMILES string of the molecule is [CH2]C(C(C)OC(=O)C=C)(C(C)OC(=O)C=C)C(OC(=O)CCCCC)S(=O)(=O)O.[MgH2]. The van der Waals surface area contributed by atoms with Crippen molar-refractivity contribution in [2.45, 2.75) is 64.1 Å². The number of rotatable bonds is 13. The third kappa shape index (κ3) is 9.15. The summed E-state index contributed by atoms with van der Waals surface area (Å²) in [5.41, 5.74) is -4.38. The fourth-order valence-corrected chi connectivity index (χ4v) is 3.69. The van der Waals surface area contributed by atoms with Gasteiger partial charge in [0.05, 0.1) is 5.41 Å². The van der Waals surface area contributed by atoms with Crippen LogP contribution in [0.5, 0.6) is 0 Å². The van der Waals surface area contributed by atoms with Crippen molar-refractivity contribution in [3.8, 4) is 0 Å². The predicted octanol–water partition coefficient (Wildman–Crippen LogP) is 1.46. The van der Waals surface area contributed by atoms with Crippen LogP contribution in [0.2, 0.25) is 0 Å². The van der Waals surface area contributed by atoms with Crippen molar-refractivity contribution < 1.29 is 41.6 Å². The predicted molar refractivity (Wildman–Crippen MR) is 113 cm³/mol. The molecule has 0 spiro atoms. The quantitative estimate of drug-likeness (QED) is 0.108. The molecular formula is C19H31MgO9S. The van der Waals surface area contributed by atoms with E-state index in [1.165, 1.54) is 13.8 Å². The maximum Gasteiger partial charge on any atom is 0.330 e. The van der Waals surface area contributed by atoms with Gasteiger partial charge in [-0.3, -0.25) is 9.35 Å². The summed E-state index contributed by atoms with van der Waals surface area (Å²) in [4.78, 5) is 35.4. The summed E-state index contributed by atoms with van der Waals surface area (Å²) in [5.74, 6) is -2.74. The fourth-order valence-electron chi connectivity index (χ4n) is 2.52. The molecule has 0 rings (SSSR count). The zero-order chi connectivity index (χ0) is 22.8. The molecule has 1 radical (unpaired) electrons. The average molecular weight is 460 g/mol. The molecule has 0 saturated heterocycles. The van der Waals surface area contributed by atoms with Crippen LogP contribution in [0.4, 0.5) is 0 Å². The Morgan fingerprint density at radius 2 is 1.43 bits per heavy atom. The summed E-state index contributed by atoms with van der Waals surface area (Å²) < 4.78 is 49.0. The molecule has 0 amide bonds. The summed E-state index contributed by atoms with van der Waals surface area (Å²) in [6.07, 6.45) is 0.774. The van der Waals surface area contributed by atoms with Gasteiger partial charge in [0.1, 0.15) is 12.2 Å². The van der Waals surface area contributed by atoms with Gasteiger partial charge >= 0.3 is 51.1 Å². The van der Waals surface area contributed by atoms with Gasteiger partial charge in [0.25, 0.3) is 0 Å². The van der Waals surface area contributed by atoms with Gasteiger partial charge in [0, 0.05) is 18.6 Å². The summed E-state index contributed by atoms with van der Waals surface area (Å²) in [7, 11) is -5.06. The molecule has 9 nitrogen and oxygen atoms in total. The first kappa shape index (κ1) is 30.8. The zero-order valence-corrected chi connectivity index (χ0v) is 17.8. The first-order valence-corrected chi connectivity index (χ1v) is 10.5. The van der Waals surface area contributed by atoms with Crippen LogP contribution in [0.3, 0.4) is 0 Å². The molecule has 11 heteroatoms. The zero-order valence-electron chi connectivity index (χ0n) is 17.0. The highest BCUT2D eigenvalue weighted by molar-refractivity contribution is 7.86. The Bertz CT molecular complexity index is 690. The molecule has 0 aromatic rings. The molecule has 0 aliphatic carbocycles. The molecule has 0 fully saturated rings. The normalized spacial score (nSPS) is 15.9. The van der Waals surface area contributed by atoms with E-state index in [0.29, 0.717) is 12.8 Å². The number of unbranched alkanes of at least 4 members (excludes halogenated alkanes) is 2. The Morgan fingerprint density at radius 3 is 1.77 bits per heavy atom. The van der Waals surface area contributed by atoms with Gasteiger partial charge in [0.15, 0.2) is 0 Å². The van der Waals surface area contributed by atoms with E-state index >= 15 is 0 Å². The topological polar surface area (TPSA) is 133 Å². The standard InChI is InChI=1S/C19H29O9S.Mg.2H/c1-7-10-11-12-17(22)28-18(29(23,24)25)19(6,13(4)26-15(20)8-2)14(5)27-16(21)9-3;;;/h8-9,13-14,18H,2-3,6-7,10-12H2,1,4-5H3,(H,23,24,25);;;. The van der Waals surface area contributed by atoms with E-state index in [1.54, 1.807) is 0 Å². The van der Waals surface area contributed by atoms with Gasteiger partial charge in [0.2, 0.25) is 5.44 Å². The third-order valence-electron chi connectivity index (χ3n) is 4.37. The fraction of sp³-hybridized carbons (Fsp3) is 0.579. The lowest BCUT2D eigenvalue weighted by molar-refractivity contribution is -0.175. The Morgan fingerprint density at radius 1 is 1.00 bits per heavy atom. The second-order valence-corrected chi connectivity index (χ2v) is 7.93. The Kier molecular flexibility index (Phi) is 14.1. The molecule has 1 N–H and O–H groups in total. The third-order valence-corrected chi connectivity index (χ3v) is 5.44. The number of hydrogen-bond donors (Lipinski definition) is 1. The Balaban J connectivity index is 0. The Hall–Kier alpha value is -1.43. The lowest BCUT2D eigenvalue weighted by Gasteiger charge is -2.42. The second kappa shape index (κ2) is 13.8. The smallest absolute Gasteiger partial charge is 0.330 e. The molecule has 0 aliphatic rings. The molecular weight excluding hydrogens is 429 g/mol. The van der Waals surface area contributed by atoms with Crippen molar-refractivity contribution in [2.75, 3.05) is 0 Å². The van der Waals surface area contributed by atoms with Crippen LogP contribution in [0, 0.1) is 12.3 Å². The minimum atomic E-state index is -5.06. The van der Waals surface area contributed by atoms with E-state index in [9.17, 15) is 27.4 Å². The van der Waals surface area contributed by atoms with Crippen molar-refractivity contribution in [1.29, 1.82) is 0 Å². The monoisotopic (exact) mass is 459 g/mol. The van der Waals surface area contributed by atoms with Crippen molar-refractivity contribution in [2.24, 2.45) is 5.41 Å². The second-order valence-electron chi connectivity index (χ2n) is 6.47. The molecule has 169 valence electrons. The minimum absolute atomic E-state index is 0. The van der Waals surface area contributed by atoms with Crippen molar-refractivity contribution in [1.82, 2.24) is 0 Å². The molecule has 0 aliphatic heterocycles. The minimum Gasteiger partial charge on any atom is -0.459 e. The highest BCUT2D eigenvalue weighted by atomic mass is 32.2. The first-order valence-electron chi connectivity index (χ1n) is 9.01. The van der Waals surface area contributed by atoms with Gasteiger partial charge in [-0.15, -0.1) is 0 Å². The molecule has 0 bridgehead atoms. The van der Waals surface area contributed by atoms with Crippen LogP contribution in [0.15, 0.2) is 25.3 Å². The van der Waals surface area contributed by atoms with Gasteiger partial charge in [-0.25, -0.2) is 9.59 Å². The molecule has 30 heavy (non-hydrogen) atoms. The van der Waals surface area contributed by atoms with Gasteiger partial charge in [-0.05, 0) is 27.2 Å². The highest BCUT2D eigenvalue weighted by Crippen LogP contribution is 2.38. The van der Waals surface area contributed by atoms with Crippen LogP contribution < -0.4 is 0 Å². The van der Waals surface area contributed by atoms with Crippen LogP contribution in [0.25, 0.3) is 0 Å². The van der Waals surface area contributed by atoms with Crippen molar-refractivity contribution in [3.05, 3.63) is 32.2 Å². The van der Waals surface area contributed by atoms with Gasteiger partial charge in [-0.1, -0.05) is 32.9 Å². The average Bonchev–Trinajstić information content (AvgIpc) is 2.64. The number of carbonyl (C=O) groups excluding carboxylic acids is 3.